The first kappa shape index (κ1) is 9.46. The fourth-order valence-electron chi connectivity index (χ4n) is 3.37. The lowest BCUT2D eigenvalue weighted by Crippen LogP contribution is -2.70. The highest BCUT2D eigenvalue weighted by molar-refractivity contribution is 8.01. The Kier molecular flexibility index (Phi) is 1.46. The van der Waals surface area contributed by atoms with E-state index in [0.29, 0.717) is 0 Å². The van der Waals surface area contributed by atoms with Crippen molar-refractivity contribution in [2.75, 3.05) is 0 Å². The fourth-order valence-corrected chi connectivity index (χ4v) is 5.38. The Morgan fingerprint density at radius 1 is 0.786 bits per heavy atom. The Hall–Kier alpha value is 0.230. The highest BCUT2D eigenvalue weighted by Crippen LogP contribution is 2.64. The summed E-state index contributed by atoms with van der Waals surface area (Å²) in [6.07, 6.45) is 1.60. The maximum Gasteiger partial charge on any atom is 0.174 e. The molecule has 4 rings (SSSR count). The summed E-state index contributed by atoms with van der Waals surface area (Å²) in [5, 5.41) is 0. The molecule has 4 atom stereocenters. The van der Waals surface area contributed by atoms with Crippen molar-refractivity contribution >= 4 is 11.8 Å². The van der Waals surface area contributed by atoms with Gasteiger partial charge in [0.05, 0.1) is 0 Å². The second-order valence-electron chi connectivity index (χ2n) is 5.30. The zero-order valence-electron chi connectivity index (χ0n) is 9.05. The third kappa shape index (κ3) is 1.18. The molecule has 0 N–H and O–H groups in total. The van der Waals surface area contributed by atoms with Gasteiger partial charge in [-0.05, 0) is 27.7 Å². The van der Waals surface area contributed by atoms with Crippen LogP contribution in [0, 0.1) is 0 Å². The summed E-state index contributed by atoms with van der Waals surface area (Å²) >= 11 is 1.78. The van der Waals surface area contributed by atoms with Gasteiger partial charge in [-0.3, -0.25) is 0 Å². The number of thioether (sulfide) groups is 1. The van der Waals surface area contributed by atoms with Crippen molar-refractivity contribution in [1.82, 2.24) is 0 Å². The first-order valence-electron chi connectivity index (χ1n) is 5.05. The Balaban J connectivity index is 2.08. The maximum absolute atomic E-state index is 5.99. The summed E-state index contributed by atoms with van der Waals surface area (Å²) in [5.74, 6) is -0.917. The summed E-state index contributed by atoms with van der Waals surface area (Å²) in [6.45, 7) is 8.31. The van der Waals surface area contributed by atoms with Gasteiger partial charge in [-0.15, -0.1) is 0 Å². The van der Waals surface area contributed by atoms with Crippen molar-refractivity contribution in [3.05, 3.63) is 0 Å². The molecule has 0 aromatic rings. The normalized spacial score (nSPS) is 66.0. The highest BCUT2D eigenvalue weighted by Gasteiger charge is 2.66. The van der Waals surface area contributed by atoms with Gasteiger partial charge in [0, 0.05) is 12.8 Å². The van der Waals surface area contributed by atoms with Crippen LogP contribution in [-0.4, -0.2) is 21.4 Å². The van der Waals surface area contributed by atoms with Crippen molar-refractivity contribution in [3.63, 3.8) is 0 Å². The van der Waals surface area contributed by atoms with Gasteiger partial charge in [0.1, 0.15) is 9.87 Å². The fraction of sp³-hybridized carbons (Fsp3) is 1.00. The number of hydrogen-bond donors (Lipinski definition) is 0. The lowest BCUT2D eigenvalue weighted by atomic mass is 9.98. The lowest BCUT2D eigenvalue weighted by molar-refractivity contribution is -0.464. The Bertz CT molecular complexity index is 208. The molecule has 14 heavy (non-hydrogen) atoms. The van der Waals surface area contributed by atoms with Gasteiger partial charge in [0.2, 0.25) is 0 Å². The van der Waals surface area contributed by atoms with Crippen LogP contribution in [0.3, 0.4) is 0 Å². The monoisotopic (exact) mass is 216 g/mol. The molecule has 3 nitrogen and oxygen atoms in total. The van der Waals surface area contributed by atoms with E-state index in [0.717, 1.165) is 12.8 Å². The average Bonchev–Trinajstić information content (AvgIpc) is 1.67. The number of hydrogen-bond acceptors (Lipinski definition) is 4. The van der Waals surface area contributed by atoms with Gasteiger partial charge in [-0.2, -0.15) is 0 Å². The SMILES string of the molecule is CC12CC3(C)OC(C)(CC(C)(O1)S3)O2. The number of ether oxygens (including phenoxy) is 3. The molecule has 4 fully saturated rings. The highest BCUT2D eigenvalue weighted by atomic mass is 32.2. The third-order valence-electron chi connectivity index (χ3n) is 3.01. The van der Waals surface area contributed by atoms with Crippen LogP contribution < -0.4 is 0 Å². The van der Waals surface area contributed by atoms with Crippen LogP contribution >= 0.6 is 11.8 Å². The van der Waals surface area contributed by atoms with Crippen LogP contribution in [0.25, 0.3) is 0 Å². The van der Waals surface area contributed by atoms with Gasteiger partial charge >= 0.3 is 0 Å². The summed E-state index contributed by atoms with van der Waals surface area (Å²) < 4.78 is 17.8. The molecule has 4 bridgehead atoms. The van der Waals surface area contributed by atoms with E-state index in [-0.39, 0.29) is 9.87 Å². The molecule has 0 aromatic heterocycles. The van der Waals surface area contributed by atoms with Crippen LogP contribution in [0.4, 0.5) is 0 Å². The van der Waals surface area contributed by atoms with E-state index in [4.69, 9.17) is 14.2 Å². The zero-order valence-corrected chi connectivity index (χ0v) is 9.86. The zero-order chi connectivity index (χ0) is 10.2. The van der Waals surface area contributed by atoms with Gasteiger partial charge in [0.25, 0.3) is 0 Å². The van der Waals surface area contributed by atoms with Gasteiger partial charge < -0.3 is 14.2 Å². The first-order chi connectivity index (χ1) is 6.24. The second-order valence-corrected chi connectivity index (χ2v) is 7.23. The lowest BCUT2D eigenvalue weighted by Gasteiger charge is -2.65. The molecule has 0 radical (unpaired) electrons. The molecule has 4 heterocycles. The van der Waals surface area contributed by atoms with Crippen molar-refractivity contribution in [2.24, 2.45) is 0 Å². The van der Waals surface area contributed by atoms with E-state index in [1.165, 1.54) is 0 Å². The largest absolute Gasteiger partial charge is 0.333 e. The standard InChI is InChI=1S/C10H16O3S/c1-7-5-9(3)13-8(2,11-7)6-10(4,12-7)14-9/h5-6H2,1-4H3. The topological polar surface area (TPSA) is 27.7 Å². The quantitative estimate of drug-likeness (QED) is 0.621. The van der Waals surface area contributed by atoms with Crippen LogP contribution in [-0.2, 0) is 14.2 Å². The second kappa shape index (κ2) is 2.17. The van der Waals surface area contributed by atoms with Gasteiger partial charge in [-0.1, -0.05) is 11.8 Å². The predicted molar refractivity (Wildman–Crippen MR) is 53.7 cm³/mol. The van der Waals surface area contributed by atoms with Crippen molar-refractivity contribution in [3.8, 4) is 0 Å². The Morgan fingerprint density at radius 3 is 1.57 bits per heavy atom. The minimum Gasteiger partial charge on any atom is -0.333 e. The van der Waals surface area contributed by atoms with E-state index < -0.39 is 11.6 Å². The molecule has 4 aliphatic heterocycles. The van der Waals surface area contributed by atoms with E-state index >= 15 is 0 Å². The molecular weight excluding hydrogens is 200 g/mol. The van der Waals surface area contributed by atoms with E-state index in [1.807, 2.05) is 13.8 Å². The molecule has 4 aliphatic rings. The summed E-state index contributed by atoms with van der Waals surface area (Å²) in [7, 11) is 0. The van der Waals surface area contributed by atoms with E-state index in [1.54, 1.807) is 11.8 Å². The molecule has 0 aliphatic carbocycles. The molecule has 4 saturated heterocycles. The van der Waals surface area contributed by atoms with Crippen molar-refractivity contribution < 1.29 is 14.2 Å². The Labute approximate surface area is 88.5 Å². The van der Waals surface area contributed by atoms with Crippen LogP contribution in [0.15, 0.2) is 0 Å². The number of rotatable bonds is 0. The molecule has 0 amide bonds. The third-order valence-corrected chi connectivity index (χ3v) is 4.33. The van der Waals surface area contributed by atoms with Crippen LogP contribution in [0.2, 0.25) is 0 Å². The molecule has 4 heteroatoms. The van der Waals surface area contributed by atoms with E-state index in [2.05, 4.69) is 13.8 Å². The van der Waals surface area contributed by atoms with Crippen molar-refractivity contribution in [1.29, 1.82) is 0 Å². The minimum absolute atomic E-state index is 0.146. The van der Waals surface area contributed by atoms with Crippen LogP contribution in [0.5, 0.6) is 0 Å². The van der Waals surface area contributed by atoms with Crippen LogP contribution in [0.1, 0.15) is 40.5 Å². The maximum atomic E-state index is 5.99. The first-order valence-corrected chi connectivity index (χ1v) is 5.86. The smallest absolute Gasteiger partial charge is 0.174 e. The summed E-state index contributed by atoms with van der Waals surface area (Å²) in [4.78, 5) is -0.292. The molecule has 0 aromatic carbocycles. The van der Waals surface area contributed by atoms with Gasteiger partial charge in [0.15, 0.2) is 11.6 Å². The summed E-state index contributed by atoms with van der Waals surface area (Å²) in [5.41, 5.74) is 0. The minimum atomic E-state index is -0.458. The van der Waals surface area contributed by atoms with E-state index in [9.17, 15) is 0 Å². The van der Waals surface area contributed by atoms with Gasteiger partial charge in [-0.25, -0.2) is 0 Å². The molecule has 0 spiro atoms. The Morgan fingerprint density at radius 2 is 1.21 bits per heavy atom. The molecule has 4 unspecified atom stereocenters. The summed E-state index contributed by atoms with van der Waals surface area (Å²) in [6, 6.07) is 0. The molecule has 0 saturated carbocycles. The average molecular weight is 216 g/mol. The van der Waals surface area contributed by atoms with Crippen molar-refractivity contribution in [2.45, 2.75) is 62.0 Å². The molecular formula is C10H16O3S. The molecule has 80 valence electrons. The predicted octanol–water partition coefficient (Wildman–Crippen LogP) is 2.46.